The fourth-order valence-electron chi connectivity index (χ4n) is 1.83. The highest BCUT2D eigenvalue weighted by Gasteiger charge is 2.38. The van der Waals surface area contributed by atoms with Crippen molar-refractivity contribution in [1.82, 2.24) is 14.9 Å². The number of hydrogen-bond donors (Lipinski definition) is 0. The Morgan fingerprint density at radius 3 is 2.56 bits per heavy atom. The van der Waals surface area contributed by atoms with Crippen LogP contribution in [0.3, 0.4) is 0 Å². The fourth-order valence-corrected chi connectivity index (χ4v) is 2.08. The second kappa shape index (κ2) is 5.01. The van der Waals surface area contributed by atoms with Crippen LogP contribution in [0.15, 0.2) is 6.07 Å². The molecule has 1 heterocycles. The van der Waals surface area contributed by atoms with Crippen molar-refractivity contribution in [2.75, 3.05) is 6.54 Å². The van der Waals surface area contributed by atoms with E-state index in [2.05, 4.69) is 9.97 Å². The van der Waals surface area contributed by atoms with Gasteiger partial charge >= 0.3 is 6.18 Å². The summed E-state index contributed by atoms with van der Waals surface area (Å²) in [5.41, 5.74) is 0.660. The molecule has 0 N–H and O–H groups in total. The zero-order valence-corrected chi connectivity index (χ0v) is 10.6. The van der Waals surface area contributed by atoms with E-state index < -0.39 is 12.7 Å². The molecule has 0 spiro atoms. The lowest BCUT2D eigenvalue weighted by molar-refractivity contribution is -0.148. The highest BCUT2D eigenvalue weighted by atomic mass is 35.5. The third-order valence-electron chi connectivity index (χ3n) is 2.66. The van der Waals surface area contributed by atoms with Crippen LogP contribution in [0.25, 0.3) is 0 Å². The highest BCUT2D eigenvalue weighted by Crippen LogP contribution is 2.31. The zero-order chi connectivity index (χ0) is 13.3. The molecular weight excluding hydrogens is 267 g/mol. The molecule has 1 aliphatic rings. The molecule has 0 bridgehead atoms. The summed E-state index contributed by atoms with van der Waals surface area (Å²) in [6, 6.07) is 1.57. The predicted octanol–water partition coefficient (Wildman–Crippen LogP) is 2.97. The molecule has 0 amide bonds. The van der Waals surface area contributed by atoms with Crippen LogP contribution in [0.4, 0.5) is 13.2 Å². The van der Waals surface area contributed by atoms with Crippen molar-refractivity contribution in [1.29, 1.82) is 0 Å². The number of aromatic nitrogens is 2. The van der Waals surface area contributed by atoms with E-state index in [4.69, 9.17) is 11.6 Å². The minimum Gasteiger partial charge on any atom is -0.284 e. The third-order valence-corrected chi connectivity index (χ3v) is 2.85. The average Bonchev–Trinajstić information content (AvgIpc) is 2.94. The monoisotopic (exact) mass is 279 g/mol. The lowest BCUT2D eigenvalue weighted by atomic mass is 10.4. The predicted molar refractivity (Wildman–Crippen MR) is 61.3 cm³/mol. The van der Waals surface area contributed by atoms with E-state index in [9.17, 15) is 13.2 Å². The van der Waals surface area contributed by atoms with Crippen molar-refractivity contribution in [2.45, 2.75) is 38.5 Å². The molecule has 2 rings (SSSR count). The Labute approximate surface area is 108 Å². The Bertz CT molecular complexity index is 412. The first-order valence-electron chi connectivity index (χ1n) is 5.64. The van der Waals surface area contributed by atoms with Crippen molar-refractivity contribution in [2.24, 2.45) is 0 Å². The molecule has 1 aromatic heterocycles. The van der Waals surface area contributed by atoms with Gasteiger partial charge in [0.15, 0.2) is 0 Å². The smallest absolute Gasteiger partial charge is 0.284 e. The largest absolute Gasteiger partial charge is 0.401 e. The molecule has 1 saturated carbocycles. The fraction of sp³-hybridized carbons (Fsp3) is 0.636. The van der Waals surface area contributed by atoms with Crippen LogP contribution < -0.4 is 0 Å². The Balaban J connectivity index is 2.08. The van der Waals surface area contributed by atoms with Crippen molar-refractivity contribution in [3.05, 3.63) is 22.7 Å². The van der Waals surface area contributed by atoms with Gasteiger partial charge in [0.2, 0.25) is 0 Å². The van der Waals surface area contributed by atoms with E-state index in [0.29, 0.717) is 11.5 Å². The van der Waals surface area contributed by atoms with E-state index in [1.807, 2.05) is 0 Å². The van der Waals surface area contributed by atoms with Gasteiger partial charge < -0.3 is 0 Å². The average molecular weight is 280 g/mol. The lowest BCUT2D eigenvalue weighted by Gasteiger charge is -2.22. The van der Waals surface area contributed by atoms with Gasteiger partial charge in [-0.25, -0.2) is 9.97 Å². The summed E-state index contributed by atoms with van der Waals surface area (Å²) in [5.74, 6) is 0.344. The van der Waals surface area contributed by atoms with Crippen LogP contribution in [0, 0.1) is 6.92 Å². The number of hydrogen-bond acceptors (Lipinski definition) is 3. The van der Waals surface area contributed by atoms with Gasteiger partial charge in [0.05, 0.1) is 13.1 Å². The van der Waals surface area contributed by atoms with Gasteiger partial charge in [0.1, 0.15) is 11.0 Å². The third kappa shape index (κ3) is 4.10. The normalized spacial score (nSPS) is 16.3. The standard InChI is InChI=1S/C11H13ClF3N3/c1-7-4-9(12)17-10(16-7)5-18(8-2-3-8)6-11(13,14)15/h4,8H,2-3,5-6H2,1H3. The van der Waals surface area contributed by atoms with Gasteiger partial charge in [-0.15, -0.1) is 0 Å². The van der Waals surface area contributed by atoms with E-state index in [1.165, 1.54) is 4.90 Å². The molecule has 0 aliphatic heterocycles. The molecule has 18 heavy (non-hydrogen) atoms. The summed E-state index contributed by atoms with van der Waals surface area (Å²) >= 11 is 5.77. The first-order valence-corrected chi connectivity index (χ1v) is 6.02. The molecule has 0 atom stereocenters. The van der Waals surface area contributed by atoms with Crippen LogP contribution in [0.1, 0.15) is 24.4 Å². The van der Waals surface area contributed by atoms with E-state index in [0.717, 1.165) is 12.8 Å². The molecule has 100 valence electrons. The quantitative estimate of drug-likeness (QED) is 0.794. The summed E-state index contributed by atoms with van der Waals surface area (Å²) in [6.07, 6.45) is -2.60. The van der Waals surface area contributed by atoms with Gasteiger partial charge in [-0.2, -0.15) is 13.2 Å². The summed E-state index contributed by atoms with van der Waals surface area (Å²) in [6.45, 7) is 0.903. The van der Waals surface area contributed by atoms with Crippen LogP contribution in [0.5, 0.6) is 0 Å². The number of halogens is 4. The second-order valence-corrected chi connectivity index (χ2v) is 4.89. The van der Waals surface area contributed by atoms with E-state index >= 15 is 0 Å². The van der Waals surface area contributed by atoms with E-state index in [1.54, 1.807) is 13.0 Å². The Morgan fingerprint density at radius 2 is 2.06 bits per heavy atom. The molecule has 1 aliphatic carbocycles. The first-order chi connectivity index (χ1) is 8.33. The van der Waals surface area contributed by atoms with Gasteiger partial charge in [0.25, 0.3) is 0 Å². The molecule has 0 saturated heterocycles. The Hall–Kier alpha value is -0.880. The van der Waals surface area contributed by atoms with Crippen molar-refractivity contribution < 1.29 is 13.2 Å². The molecule has 0 radical (unpaired) electrons. The second-order valence-electron chi connectivity index (χ2n) is 4.50. The topological polar surface area (TPSA) is 29.0 Å². The maximum Gasteiger partial charge on any atom is 0.401 e. The van der Waals surface area contributed by atoms with E-state index in [-0.39, 0.29) is 17.7 Å². The van der Waals surface area contributed by atoms with Crippen molar-refractivity contribution >= 4 is 11.6 Å². The van der Waals surface area contributed by atoms with Crippen LogP contribution in [0.2, 0.25) is 5.15 Å². The number of aryl methyl sites for hydroxylation is 1. The lowest BCUT2D eigenvalue weighted by Crippen LogP contribution is -2.36. The molecule has 7 heteroatoms. The molecule has 3 nitrogen and oxygen atoms in total. The van der Waals surface area contributed by atoms with Crippen LogP contribution in [-0.4, -0.2) is 33.6 Å². The number of alkyl halides is 3. The summed E-state index contributed by atoms with van der Waals surface area (Å²) in [7, 11) is 0. The highest BCUT2D eigenvalue weighted by molar-refractivity contribution is 6.29. The number of nitrogens with zero attached hydrogens (tertiary/aromatic N) is 3. The van der Waals surface area contributed by atoms with Crippen molar-refractivity contribution in [3.8, 4) is 0 Å². The molecular formula is C11H13ClF3N3. The summed E-state index contributed by atoms with van der Waals surface area (Å²) < 4.78 is 37.3. The van der Waals surface area contributed by atoms with Gasteiger partial charge in [0, 0.05) is 11.7 Å². The van der Waals surface area contributed by atoms with Gasteiger partial charge in [-0.05, 0) is 25.8 Å². The van der Waals surface area contributed by atoms with Gasteiger partial charge in [-0.1, -0.05) is 11.6 Å². The maximum atomic E-state index is 12.4. The van der Waals surface area contributed by atoms with Crippen molar-refractivity contribution in [3.63, 3.8) is 0 Å². The Kier molecular flexibility index (Phi) is 3.77. The maximum absolute atomic E-state index is 12.4. The van der Waals surface area contributed by atoms with Gasteiger partial charge in [-0.3, -0.25) is 4.90 Å². The van der Waals surface area contributed by atoms with Crippen LogP contribution >= 0.6 is 11.6 Å². The summed E-state index contributed by atoms with van der Waals surface area (Å²) in [4.78, 5) is 9.43. The molecule has 1 aromatic rings. The summed E-state index contributed by atoms with van der Waals surface area (Å²) in [5, 5.41) is 0.264. The number of rotatable bonds is 4. The van der Waals surface area contributed by atoms with Crippen LogP contribution in [-0.2, 0) is 6.54 Å². The zero-order valence-electron chi connectivity index (χ0n) is 9.84. The molecule has 0 aromatic carbocycles. The Morgan fingerprint density at radius 1 is 1.39 bits per heavy atom. The SMILES string of the molecule is Cc1cc(Cl)nc(CN(CC(F)(F)F)C2CC2)n1. The minimum atomic E-state index is -4.20. The minimum absolute atomic E-state index is 0.00508. The molecule has 0 unspecified atom stereocenters. The first kappa shape index (κ1) is 13.5. The molecule has 1 fully saturated rings.